The second-order valence-corrected chi connectivity index (χ2v) is 5.93. The SMILES string of the molecule is N=N/C(Oc1ccc(C#Cc2ccccc2)c(-c2ccccc2)c1)=C(\N)C(=O)O. The molecule has 3 rings (SSSR count). The molecule has 0 unspecified atom stereocenters. The Morgan fingerprint density at radius 3 is 2.24 bits per heavy atom. The first kappa shape index (κ1) is 19.4. The number of ether oxygens (including phenoxy) is 1. The maximum Gasteiger partial charge on any atom is 0.357 e. The van der Waals surface area contributed by atoms with Crippen LogP contribution in [-0.4, -0.2) is 11.1 Å². The second-order valence-electron chi connectivity index (χ2n) is 5.93. The first-order chi connectivity index (χ1) is 14.1. The maximum atomic E-state index is 11.0. The van der Waals surface area contributed by atoms with Gasteiger partial charge in [-0.15, -0.1) is 5.11 Å². The standard InChI is InChI=1S/C23H17N3O3/c24-21(23(27)28)22(26-25)29-19-14-13-18(12-11-16-7-3-1-4-8-16)20(15-19)17-9-5-2-6-10-17/h1-10,13-15,25H,24H2,(H,27,28)/b22-21+,26-25?. The van der Waals surface area contributed by atoms with Crippen molar-refractivity contribution in [2.45, 2.75) is 0 Å². The van der Waals surface area contributed by atoms with Crippen LogP contribution in [0.1, 0.15) is 11.1 Å². The van der Waals surface area contributed by atoms with Gasteiger partial charge in [-0.05, 0) is 35.9 Å². The number of aliphatic carboxylic acids is 1. The van der Waals surface area contributed by atoms with Crippen molar-refractivity contribution in [2.24, 2.45) is 10.8 Å². The van der Waals surface area contributed by atoms with E-state index in [4.69, 9.17) is 21.1 Å². The van der Waals surface area contributed by atoms with Crippen LogP contribution in [-0.2, 0) is 4.79 Å². The molecule has 0 saturated carbocycles. The Bertz CT molecular complexity index is 1130. The summed E-state index contributed by atoms with van der Waals surface area (Å²) in [7, 11) is 0. The molecule has 0 fully saturated rings. The van der Waals surface area contributed by atoms with E-state index >= 15 is 0 Å². The minimum atomic E-state index is -1.41. The number of carboxylic acids is 1. The summed E-state index contributed by atoms with van der Waals surface area (Å²) < 4.78 is 5.44. The number of benzene rings is 3. The molecule has 6 nitrogen and oxygen atoms in total. The van der Waals surface area contributed by atoms with E-state index in [2.05, 4.69) is 17.0 Å². The summed E-state index contributed by atoms with van der Waals surface area (Å²) in [6.45, 7) is 0. The summed E-state index contributed by atoms with van der Waals surface area (Å²) in [5, 5.41) is 12.1. The molecule has 3 aromatic carbocycles. The molecule has 4 N–H and O–H groups in total. The molecule has 0 saturated heterocycles. The summed E-state index contributed by atoms with van der Waals surface area (Å²) in [5.41, 5.74) is 15.3. The summed E-state index contributed by atoms with van der Waals surface area (Å²) in [5.74, 6) is 4.69. The number of rotatable bonds is 5. The molecule has 0 atom stereocenters. The minimum absolute atomic E-state index is 0.296. The summed E-state index contributed by atoms with van der Waals surface area (Å²) in [6.07, 6.45) is 0. The summed E-state index contributed by atoms with van der Waals surface area (Å²) in [6, 6.07) is 24.3. The lowest BCUT2D eigenvalue weighted by Gasteiger charge is -2.10. The predicted octanol–water partition coefficient (Wildman–Crippen LogP) is 4.38. The van der Waals surface area contributed by atoms with Crippen LogP contribution < -0.4 is 10.5 Å². The second kappa shape index (κ2) is 9.02. The molecule has 0 aliphatic carbocycles. The molecular formula is C23H17N3O3. The van der Waals surface area contributed by atoms with Gasteiger partial charge in [0.25, 0.3) is 5.88 Å². The molecule has 29 heavy (non-hydrogen) atoms. The highest BCUT2D eigenvalue weighted by Crippen LogP contribution is 2.29. The lowest BCUT2D eigenvalue weighted by Crippen LogP contribution is -2.15. The van der Waals surface area contributed by atoms with E-state index in [1.54, 1.807) is 18.2 Å². The molecule has 3 aromatic rings. The molecule has 6 heteroatoms. The first-order valence-corrected chi connectivity index (χ1v) is 8.63. The van der Waals surface area contributed by atoms with E-state index < -0.39 is 17.5 Å². The van der Waals surface area contributed by atoms with Crippen molar-refractivity contribution in [1.29, 1.82) is 5.53 Å². The third kappa shape index (κ3) is 4.87. The van der Waals surface area contributed by atoms with Gasteiger partial charge in [0.2, 0.25) is 0 Å². The molecule has 0 aliphatic rings. The molecular weight excluding hydrogens is 366 g/mol. The van der Waals surface area contributed by atoms with Crippen molar-refractivity contribution < 1.29 is 14.6 Å². The van der Waals surface area contributed by atoms with Crippen LogP contribution in [0.4, 0.5) is 0 Å². The van der Waals surface area contributed by atoms with E-state index in [-0.39, 0.29) is 0 Å². The van der Waals surface area contributed by atoms with Crippen molar-refractivity contribution in [3.8, 4) is 28.7 Å². The number of nitrogens with two attached hydrogens (primary N) is 1. The smallest absolute Gasteiger partial charge is 0.357 e. The van der Waals surface area contributed by atoms with Gasteiger partial charge in [-0.3, -0.25) is 0 Å². The highest BCUT2D eigenvalue weighted by atomic mass is 16.5. The molecule has 0 aromatic heterocycles. The highest BCUT2D eigenvalue weighted by molar-refractivity contribution is 5.86. The van der Waals surface area contributed by atoms with Crippen molar-refractivity contribution in [3.63, 3.8) is 0 Å². The fraction of sp³-hybridized carbons (Fsp3) is 0. The van der Waals surface area contributed by atoms with E-state index in [0.717, 1.165) is 22.3 Å². The minimum Gasteiger partial charge on any atom is -0.476 e. The van der Waals surface area contributed by atoms with Gasteiger partial charge in [0, 0.05) is 16.7 Å². The molecule has 0 heterocycles. The highest BCUT2D eigenvalue weighted by Gasteiger charge is 2.14. The van der Waals surface area contributed by atoms with Crippen LogP contribution in [0.25, 0.3) is 11.1 Å². The monoisotopic (exact) mass is 383 g/mol. The van der Waals surface area contributed by atoms with Gasteiger partial charge in [0.05, 0.1) is 0 Å². The Hall–Kier alpha value is -4.37. The number of carbonyl (C=O) groups is 1. The zero-order valence-electron chi connectivity index (χ0n) is 15.3. The zero-order valence-corrected chi connectivity index (χ0v) is 15.3. The van der Waals surface area contributed by atoms with Gasteiger partial charge in [-0.25, -0.2) is 10.3 Å². The molecule has 0 spiro atoms. The van der Waals surface area contributed by atoms with Crippen LogP contribution in [0.5, 0.6) is 5.75 Å². The molecule has 0 amide bonds. The number of carboxylic acid groups (broad SMARTS) is 1. The van der Waals surface area contributed by atoms with Gasteiger partial charge < -0.3 is 15.6 Å². The van der Waals surface area contributed by atoms with Gasteiger partial charge in [0.15, 0.2) is 5.70 Å². The average molecular weight is 383 g/mol. The summed E-state index contributed by atoms with van der Waals surface area (Å²) >= 11 is 0. The quantitative estimate of drug-likeness (QED) is 0.263. The number of nitrogens with one attached hydrogen (secondary N) is 1. The number of hydrogen-bond acceptors (Lipinski definition) is 5. The van der Waals surface area contributed by atoms with Gasteiger partial charge >= 0.3 is 5.97 Å². The third-order valence-corrected chi connectivity index (χ3v) is 3.97. The largest absolute Gasteiger partial charge is 0.476 e. The van der Waals surface area contributed by atoms with E-state index in [0.29, 0.717) is 5.75 Å². The van der Waals surface area contributed by atoms with Crippen molar-refractivity contribution in [1.82, 2.24) is 0 Å². The fourth-order valence-corrected chi connectivity index (χ4v) is 2.55. The average Bonchev–Trinajstić information content (AvgIpc) is 2.77. The van der Waals surface area contributed by atoms with Gasteiger partial charge in [-0.1, -0.05) is 60.4 Å². The Morgan fingerprint density at radius 1 is 0.966 bits per heavy atom. The normalized spacial score (nSPS) is 10.9. The number of nitrogens with zero attached hydrogens (tertiary/aromatic N) is 1. The van der Waals surface area contributed by atoms with E-state index in [1.165, 1.54) is 0 Å². The molecule has 0 aliphatic heterocycles. The van der Waals surface area contributed by atoms with Gasteiger partial charge in [-0.2, -0.15) is 0 Å². The van der Waals surface area contributed by atoms with Crippen molar-refractivity contribution >= 4 is 5.97 Å². The van der Waals surface area contributed by atoms with Crippen LogP contribution in [0.2, 0.25) is 0 Å². The van der Waals surface area contributed by atoms with E-state index in [1.807, 2.05) is 60.7 Å². The molecule has 0 radical (unpaired) electrons. The Morgan fingerprint density at radius 2 is 1.62 bits per heavy atom. The lowest BCUT2D eigenvalue weighted by molar-refractivity contribution is -0.132. The van der Waals surface area contributed by atoms with Crippen LogP contribution in [0, 0.1) is 17.4 Å². The van der Waals surface area contributed by atoms with Crippen molar-refractivity contribution in [3.05, 3.63) is 102 Å². The van der Waals surface area contributed by atoms with Gasteiger partial charge in [0.1, 0.15) is 5.75 Å². The maximum absolute atomic E-state index is 11.0. The Kier molecular flexibility index (Phi) is 6.03. The lowest BCUT2D eigenvalue weighted by atomic mass is 9.99. The zero-order chi connectivity index (χ0) is 20.6. The Labute approximate surface area is 167 Å². The topological polar surface area (TPSA) is 109 Å². The van der Waals surface area contributed by atoms with E-state index in [9.17, 15) is 4.79 Å². The fourth-order valence-electron chi connectivity index (χ4n) is 2.55. The third-order valence-electron chi connectivity index (χ3n) is 3.97. The predicted molar refractivity (Wildman–Crippen MR) is 109 cm³/mol. The Balaban J connectivity index is 2.05. The van der Waals surface area contributed by atoms with Crippen LogP contribution in [0.3, 0.4) is 0 Å². The number of hydrogen-bond donors (Lipinski definition) is 3. The first-order valence-electron chi connectivity index (χ1n) is 8.63. The van der Waals surface area contributed by atoms with Crippen LogP contribution >= 0.6 is 0 Å². The van der Waals surface area contributed by atoms with Crippen LogP contribution in [0.15, 0.2) is 95.6 Å². The molecule has 142 valence electrons. The summed E-state index contributed by atoms with van der Waals surface area (Å²) in [4.78, 5) is 11.0. The van der Waals surface area contributed by atoms with Crippen molar-refractivity contribution in [2.75, 3.05) is 0 Å². The molecule has 0 bridgehead atoms.